The zero-order valence-electron chi connectivity index (χ0n) is 10.5. The van der Waals surface area contributed by atoms with E-state index in [1.807, 2.05) is 12.1 Å². The second-order valence-corrected chi connectivity index (χ2v) is 5.58. The Hall–Kier alpha value is -0.570. The van der Waals surface area contributed by atoms with E-state index in [0.717, 1.165) is 24.5 Å². The fraction of sp³-hybridized carbons (Fsp3) is 0.571. The van der Waals surface area contributed by atoms with Gasteiger partial charge in [-0.25, -0.2) is 0 Å². The van der Waals surface area contributed by atoms with Crippen LogP contribution in [-0.2, 0) is 5.41 Å². The van der Waals surface area contributed by atoms with E-state index in [2.05, 4.69) is 24.1 Å². The number of benzene rings is 1. The molecule has 94 valence electrons. The standard InChI is InChI=1S/C14H21ClN2/c1-17-9-2-7-14(11-16,8-10-17)12-3-5-13(15)6-4-12/h3-6H,2,7-11,16H2,1H3. The SMILES string of the molecule is CN1CCCC(CN)(c2ccc(Cl)cc2)CC1. The summed E-state index contributed by atoms with van der Waals surface area (Å²) in [5, 5.41) is 0.798. The van der Waals surface area contributed by atoms with Crippen molar-refractivity contribution in [3.05, 3.63) is 34.9 Å². The average molecular weight is 253 g/mol. The maximum absolute atomic E-state index is 6.07. The van der Waals surface area contributed by atoms with Gasteiger partial charge in [0.2, 0.25) is 0 Å². The van der Waals surface area contributed by atoms with Crippen molar-refractivity contribution in [3.63, 3.8) is 0 Å². The molecule has 1 aromatic rings. The molecule has 0 saturated carbocycles. The van der Waals surface area contributed by atoms with Gasteiger partial charge in [0.25, 0.3) is 0 Å². The number of halogens is 1. The van der Waals surface area contributed by atoms with Gasteiger partial charge >= 0.3 is 0 Å². The highest BCUT2D eigenvalue weighted by molar-refractivity contribution is 6.30. The van der Waals surface area contributed by atoms with Crippen LogP contribution in [0.2, 0.25) is 5.02 Å². The third-order valence-electron chi connectivity index (χ3n) is 4.01. The Morgan fingerprint density at radius 2 is 1.94 bits per heavy atom. The third-order valence-corrected chi connectivity index (χ3v) is 4.27. The first kappa shape index (κ1) is 12.9. The molecule has 1 aliphatic heterocycles. The number of hydrogen-bond acceptors (Lipinski definition) is 2. The van der Waals surface area contributed by atoms with Crippen LogP contribution in [0.4, 0.5) is 0 Å². The van der Waals surface area contributed by atoms with E-state index < -0.39 is 0 Å². The van der Waals surface area contributed by atoms with Gasteiger partial charge in [0.15, 0.2) is 0 Å². The lowest BCUT2D eigenvalue weighted by atomic mass is 9.74. The lowest BCUT2D eigenvalue weighted by Crippen LogP contribution is -2.36. The quantitative estimate of drug-likeness (QED) is 0.877. The maximum Gasteiger partial charge on any atom is 0.0406 e. The third kappa shape index (κ3) is 2.82. The normalized spacial score (nSPS) is 26.8. The Morgan fingerprint density at radius 1 is 1.24 bits per heavy atom. The van der Waals surface area contributed by atoms with Crippen LogP contribution in [-0.4, -0.2) is 31.6 Å². The fourth-order valence-electron chi connectivity index (χ4n) is 2.74. The molecule has 17 heavy (non-hydrogen) atoms. The van der Waals surface area contributed by atoms with E-state index in [-0.39, 0.29) is 5.41 Å². The number of hydrogen-bond donors (Lipinski definition) is 1. The lowest BCUT2D eigenvalue weighted by Gasteiger charge is -2.32. The summed E-state index contributed by atoms with van der Waals surface area (Å²) in [5.74, 6) is 0. The Balaban J connectivity index is 2.26. The summed E-state index contributed by atoms with van der Waals surface area (Å²) in [6.45, 7) is 3.03. The number of nitrogens with zero attached hydrogens (tertiary/aromatic N) is 1. The molecule has 2 nitrogen and oxygen atoms in total. The molecule has 2 N–H and O–H groups in total. The molecule has 0 bridgehead atoms. The average Bonchev–Trinajstić information content (AvgIpc) is 2.53. The maximum atomic E-state index is 6.07. The van der Waals surface area contributed by atoms with Gasteiger partial charge in [-0.3, -0.25) is 0 Å². The van der Waals surface area contributed by atoms with Gasteiger partial charge in [0.1, 0.15) is 0 Å². The molecule has 1 saturated heterocycles. The summed E-state index contributed by atoms with van der Waals surface area (Å²) < 4.78 is 0. The molecule has 0 radical (unpaired) electrons. The predicted molar refractivity (Wildman–Crippen MR) is 73.5 cm³/mol. The summed E-state index contributed by atoms with van der Waals surface area (Å²) in [7, 11) is 2.19. The van der Waals surface area contributed by atoms with Gasteiger partial charge in [-0.05, 0) is 57.1 Å². The van der Waals surface area contributed by atoms with Crippen LogP contribution in [0.25, 0.3) is 0 Å². The van der Waals surface area contributed by atoms with Crippen LogP contribution >= 0.6 is 11.6 Å². The number of likely N-dealkylation sites (tertiary alicyclic amines) is 1. The van der Waals surface area contributed by atoms with Crippen molar-refractivity contribution in [2.24, 2.45) is 5.73 Å². The van der Waals surface area contributed by atoms with Gasteiger partial charge in [-0.2, -0.15) is 0 Å². The van der Waals surface area contributed by atoms with Crippen LogP contribution in [0.3, 0.4) is 0 Å². The minimum atomic E-state index is 0.148. The lowest BCUT2D eigenvalue weighted by molar-refractivity contribution is 0.329. The molecule has 1 heterocycles. The van der Waals surface area contributed by atoms with Gasteiger partial charge in [0, 0.05) is 17.0 Å². The van der Waals surface area contributed by atoms with E-state index in [1.165, 1.54) is 24.9 Å². The zero-order chi connectivity index (χ0) is 12.3. The summed E-state index contributed by atoms with van der Waals surface area (Å²) >= 11 is 5.96. The monoisotopic (exact) mass is 252 g/mol. The van der Waals surface area contributed by atoms with Crippen molar-refractivity contribution < 1.29 is 0 Å². The van der Waals surface area contributed by atoms with Gasteiger partial charge in [-0.1, -0.05) is 23.7 Å². The van der Waals surface area contributed by atoms with Crippen molar-refractivity contribution in [1.82, 2.24) is 4.90 Å². The molecule has 1 atom stereocenters. The van der Waals surface area contributed by atoms with Gasteiger partial charge in [-0.15, -0.1) is 0 Å². The first-order valence-electron chi connectivity index (χ1n) is 6.31. The Morgan fingerprint density at radius 3 is 2.59 bits per heavy atom. The Kier molecular flexibility index (Phi) is 4.08. The number of nitrogens with two attached hydrogens (primary N) is 1. The molecule has 0 aromatic heterocycles. The molecule has 1 aromatic carbocycles. The van der Waals surface area contributed by atoms with E-state index in [1.54, 1.807) is 0 Å². The molecule has 1 unspecified atom stereocenters. The van der Waals surface area contributed by atoms with Crippen molar-refractivity contribution >= 4 is 11.6 Å². The molecule has 0 amide bonds. The molecule has 0 aliphatic carbocycles. The molecule has 1 aliphatic rings. The topological polar surface area (TPSA) is 29.3 Å². The molecule has 2 rings (SSSR count). The van der Waals surface area contributed by atoms with Crippen LogP contribution in [0.1, 0.15) is 24.8 Å². The number of rotatable bonds is 2. The van der Waals surface area contributed by atoms with Crippen molar-refractivity contribution in [1.29, 1.82) is 0 Å². The van der Waals surface area contributed by atoms with E-state index in [0.29, 0.717) is 0 Å². The highest BCUT2D eigenvalue weighted by atomic mass is 35.5. The van der Waals surface area contributed by atoms with Gasteiger partial charge < -0.3 is 10.6 Å². The fourth-order valence-corrected chi connectivity index (χ4v) is 2.87. The minimum Gasteiger partial charge on any atom is -0.330 e. The first-order valence-corrected chi connectivity index (χ1v) is 6.69. The van der Waals surface area contributed by atoms with E-state index >= 15 is 0 Å². The highest BCUT2D eigenvalue weighted by Gasteiger charge is 2.32. The Labute approximate surface area is 109 Å². The predicted octanol–water partition coefficient (Wildman–Crippen LogP) is 2.65. The second kappa shape index (κ2) is 5.38. The summed E-state index contributed by atoms with van der Waals surface area (Å²) in [6, 6.07) is 8.23. The minimum absolute atomic E-state index is 0.148. The van der Waals surface area contributed by atoms with Crippen molar-refractivity contribution in [2.45, 2.75) is 24.7 Å². The van der Waals surface area contributed by atoms with Crippen molar-refractivity contribution in [2.75, 3.05) is 26.7 Å². The molecular formula is C14H21ClN2. The summed E-state index contributed by atoms with van der Waals surface area (Å²) in [5.41, 5.74) is 7.57. The van der Waals surface area contributed by atoms with Crippen LogP contribution in [0.5, 0.6) is 0 Å². The van der Waals surface area contributed by atoms with Gasteiger partial charge in [0.05, 0.1) is 0 Å². The molecule has 1 fully saturated rings. The molecule has 0 spiro atoms. The van der Waals surface area contributed by atoms with Crippen LogP contribution < -0.4 is 5.73 Å². The largest absolute Gasteiger partial charge is 0.330 e. The zero-order valence-corrected chi connectivity index (χ0v) is 11.2. The molecule has 3 heteroatoms. The van der Waals surface area contributed by atoms with Crippen molar-refractivity contribution in [3.8, 4) is 0 Å². The smallest absolute Gasteiger partial charge is 0.0406 e. The summed E-state index contributed by atoms with van der Waals surface area (Å²) in [4.78, 5) is 2.40. The van der Waals surface area contributed by atoms with E-state index in [9.17, 15) is 0 Å². The van der Waals surface area contributed by atoms with E-state index in [4.69, 9.17) is 17.3 Å². The second-order valence-electron chi connectivity index (χ2n) is 5.15. The van der Waals surface area contributed by atoms with Crippen LogP contribution in [0.15, 0.2) is 24.3 Å². The Bertz CT molecular complexity index is 363. The summed E-state index contributed by atoms with van der Waals surface area (Å²) in [6.07, 6.45) is 3.54. The molecular weight excluding hydrogens is 232 g/mol. The first-order chi connectivity index (χ1) is 8.16. The highest BCUT2D eigenvalue weighted by Crippen LogP contribution is 2.34. The van der Waals surface area contributed by atoms with Crippen LogP contribution in [0, 0.1) is 0 Å².